The molecule has 6 heteroatoms. The summed E-state index contributed by atoms with van der Waals surface area (Å²) in [4.78, 5) is 24.0. The van der Waals surface area contributed by atoms with Gasteiger partial charge in [0.15, 0.2) is 0 Å². The molecule has 1 aromatic carbocycles. The third-order valence-corrected chi connectivity index (χ3v) is 3.97. The summed E-state index contributed by atoms with van der Waals surface area (Å²) in [6.07, 6.45) is 4.40. The lowest BCUT2D eigenvalue weighted by atomic mass is 10.0. The Kier molecular flexibility index (Phi) is 8.06. The molecule has 1 aliphatic rings. The minimum atomic E-state index is -0.119. The number of nitrogens with one attached hydrogen (secondary N) is 3. The molecular formula is C17H26ClN3O2. The van der Waals surface area contributed by atoms with E-state index >= 15 is 0 Å². The van der Waals surface area contributed by atoms with E-state index in [1.807, 2.05) is 32.0 Å². The summed E-state index contributed by atoms with van der Waals surface area (Å²) >= 11 is 0. The number of piperidine rings is 1. The van der Waals surface area contributed by atoms with Gasteiger partial charge in [0.1, 0.15) is 0 Å². The molecule has 2 rings (SSSR count). The van der Waals surface area contributed by atoms with Crippen LogP contribution in [0.2, 0.25) is 0 Å². The topological polar surface area (TPSA) is 70.2 Å². The first kappa shape index (κ1) is 19.5. The van der Waals surface area contributed by atoms with Gasteiger partial charge >= 0.3 is 0 Å². The number of hydrogen-bond donors (Lipinski definition) is 3. The summed E-state index contributed by atoms with van der Waals surface area (Å²) in [5, 5.41) is 9.11. The lowest BCUT2D eigenvalue weighted by Gasteiger charge is -2.23. The van der Waals surface area contributed by atoms with Gasteiger partial charge in [-0.25, -0.2) is 0 Å². The van der Waals surface area contributed by atoms with Gasteiger partial charge in [0.2, 0.25) is 11.8 Å². The molecule has 0 aliphatic carbocycles. The average Bonchev–Trinajstić information content (AvgIpc) is 2.52. The Bertz CT molecular complexity index is 543. The van der Waals surface area contributed by atoms with Crippen molar-refractivity contribution in [2.24, 2.45) is 0 Å². The fraction of sp³-hybridized carbons (Fsp3) is 0.529. The highest BCUT2D eigenvalue weighted by Crippen LogP contribution is 2.24. The van der Waals surface area contributed by atoms with Gasteiger partial charge in [0, 0.05) is 17.8 Å². The molecule has 1 saturated heterocycles. The first-order chi connectivity index (χ1) is 10.6. The van der Waals surface area contributed by atoms with Gasteiger partial charge in [-0.1, -0.05) is 19.4 Å². The molecule has 1 aliphatic heterocycles. The summed E-state index contributed by atoms with van der Waals surface area (Å²) in [5.41, 5.74) is 2.40. The Balaban J connectivity index is 0.00000264. The minimum absolute atomic E-state index is 0. The van der Waals surface area contributed by atoms with Crippen LogP contribution in [0, 0.1) is 6.92 Å². The first-order valence-electron chi connectivity index (χ1n) is 8.05. The van der Waals surface area contributed by atoms with Crippen molar-refractivity contribution < 1.29 is 9.59 Å². The van der Waals surface area contributed by atoms with Gasteiger partial charge in [-0.3, -0.25) is 9.59 Å². The highest BCUT2D eigenvalue weighted by atomic mass is 35.5. The lowest BCUT2D eigenvalue weighted by molar-refractivity contribution is -0.118. The van der Waals surface area contributed by atoms with Crippen molar-refractivity contribution in [2.45, 2.75) is 52.0 Å². The van der Waals surface area contributed by atoms with Crippen LogP contribution in [0.1, 0.15) is 44.6 Å². The molecular weight excluding hydrogens is 314 g/mol. The van der Waals surface area contributed by atoms with E-state index in [4.69, 9.17) is 0 Å². The highest BCUT2D eigenvalue weighted by molar-refractivity contribution is 5.98. The van der Waals surface area contributed by atoms with E-state index in [1.165, 1.54) is 0 Å². The summed E-state index contributed by atoms with van der Waals surface area (Å²) in [6.45, 7) is 4.77. The molecule has 0 aromatic heterocycles. The second-order valence-electron chi connectivity index (χ2n) is 5.77. The zero-order chi connectivity index (χ0) is 15.9. The molecule has 0 spiro atoms. The molecule has 5 nitrogen and oxygen atoms in total. The van der Waals surface area contributed by atoms with E-state index in [9.17, 15) is 9.59 Å². The van der Waals surface area contributed by atoms with Gasteiger partial charge in [-0.2, -0.15) is 0 Å². The molecule has 2 amide bonds. The minimum Gasteiger partial charge on any atom is -0.326 e. The van der Waals surface area contributed by atoms with Gasteiger partial charge in [0.05, 0.1) is 6.04 Å². The van der Waals surface area contributed by atoms with E-state index in [0.717, 1.165) is 49.2 Å². The number of rotatable bonds is 5. The maximum atomic E-state index is 12.3. The van der Waals surface area contributed by atoms with E-state index in [0.29, 0.717) is 6.42 Å². The van der Waals surface area contributed by atoms with E-state index in [1.54, 1.807) is 0 Å². The first-order valence-corrected chi connectivity index (χ1v) is 8.05. The van der Waals surface area contributed by atoms with Gasteiger partial charge in [-0.05, 0) is 50.4 Å². The fourth-order valence-electron chi connectivity index (χ4n) is 2.64. The monoisotopic (exact) mass is 339 g/mol. The number of anilines is 2. The standard InChI is InChI=1S/C17H25N3O2.ClH/c1-3-7-16(21)19-13-9-6-10-14(12(13)2)20-17(22)15-8-4-5-11-18-15;/h6,9-10,15,18H,3-5,7-8,11H2,1-2H3,(H,19,21)(H,20,22);1H. The molecule has 23 heavy (non-hydrogen) atoms. The fourth-order valence-corrected chi connectivity index (χ4v) is 2.64. The normalized spacial score (nSPS) is 17.0. The van der Waals surface area contributed by atoms with Crippen LogP contribution in [0.25, 0.3) is 0 Å². The zero-order valence-corrected chi connectivity index (χ0v) is 14.6. The Morgan fingerprint density at radius 3 is 2.52 bits per heavy atom. The predicted molar refractivity (Wildman–Crippen MR) is 96.2 cm³/mol. The van der Waals surface area contributed by atoms with Crippen LogP contribution < -0.4 is 16.0 Å². The molecule has 1 heterocycles. The van der Waals surface area contributed by atoms with E-state index in [-0.39, 0.29) is 30.3 Å². The molecule has 0 bridgehead atoms. The second-order valence-corrected chi connectivity index (χ2v) is 5.77. The summed E-state index contributed by atoms with van der Waals surface area (Å²) < 4.78 is 0. The maximum absolute atomic E-state index is 12.3. The Labute approximate surface area is 144 Å². The predicted octanol–water partition coefficient (Wildman–Crippen LogP) is 3.24. The van der Waals surface area contributed by atoms with Crippen LogP contribution in [0.3, 0.4) is 0 Å². The molecule has 1 fully saturated rings. The molecule has 0 saturated carbocycles. The molecule has 128 valence electrons. The van der Waals surface area contributed by atoms with Crippen molar-refractivity contribution >= 4 is 35.6 Å². The number of halogens is 1. The number of amides is 2. The summed E-state index contributed by atoms with van der Waals surface area (Å²) in [7, 11) is 0. The smallest absolute Gasteiger partial charge is 0.241 e. The highest BCUT2D eigenvalue weighted by Gasteiger charge is 2.21. The van der Waals surface area contributed by atoms with Crippen molar-refractivity contribution in [3.05, 3.63) is 23.8 Å². The van der Waals surface area contributed by atoms with Crippen molar-refractivity contribution in [3.63, 3.8) is 0 Å². The maximum Gasteiger partial charge on any atom is 0.241 e. The van der Waals surface area contributed by atoms with Gasteiger partial charge < -0.3 is 16.0 Å². The van der Waals surface area contributed by atoms with E-state index in [2.05, 4.69) is 16.0 Å². The molecule has 1 atom stereocenters. The van der Waals surface area contributed by atoms with Gasteiger partial charge in [-0.15, -0.1) is 12.4 Å². The number of carbonyl (C=O) groups excluding carboxylic acids is 2. The second kappa shape index (κ2) is 9.53. The molecule has 1 unspecified atom stereocenters. The SMILES string of the molecule is CCCC(=O)Nc1cccc(NC(=O)C2CCCCN2)c1C.Cl. The Hall–Kier alpha value is -1.59. The lowest BCUT2D eigenvalue weighted by Crippen LogP contribution is -2.43. The zero-order valence-electron chi connectivity index (χ0n) is 13.8. The van der Waals surface area contributed by atoms with Crippen molar-refractivity contribution in [3.8, 4) is 0 Å². The quantitative estimate of drug-likeness (QED) is 0.771. The number of carbonyl (C=O) groups is 2. The number of hydrogen-bond acceptors (Lipinski definition) is 3. The van der Waals surface area contributed by atoms with Crippen molar-refractivity contribution in [1.29, 1.82) is 0 Å². The molecule has 0 radical (unpaired) electrons. The third kappa shape index (κ3) is 5.52. The largest absolute Gasteiger partial charge is 0.326 e. The van der Waals surface area contributed by atoms with Crippen molar-refractivity contribution in [2.75, 3.05) is 17.2 Å². The van der Waals surface area contributed by atoms with Crippen LogP contribution in [0.4, 0.5) is 11.4 Å². The van der Waals surface area contributed by atoms with Crippen LogP contribution in [-0.4, -0.2) is 24.4 Å². The molecule has 1 aromatic rings. The summed E-state index contributed by atoms with van der Waals surface area (Å²) in [6, 6.07) is 5.45. The van der Waals surface area contributed by atoms with Crippen LogP contribution in [-0.2, 0) is 9.59 Å². The molecule has 3 N–H and O–H groups in total. The van der Waals surface area contributed by atoms with Crippen LogP contribution >= 0.6 is 12.4 Å². The number of benzene rings is 1. The van der Waals surface area contributed by atoms with Crippen LogP contribution in [0.15, 0.2) is 18.2 Å². The third-order valence-electron chi connectivity index (χ3n) is 3.97. The van der Waals surface area contributed by atoms with Crippen molar-refractivity contribution in [1.82, 2.24) is 5.32 Å². The van der Waals surface area contributed by atoms with E-state index < -0.39 is 0 Å². The van der Waals surface area contributed by atoms with Gasteiger partial charge in [0.25, 0.3) is 0 Å². The summed E-state index contributed by atoms with van der Waals surface area (Å²) in [5.74, 6) is 0.00265. The van der Waals surface area contributed by atoms with Crippen LogP contribution in [0.5, 0.6) is 0 Å². The Morgan fingerprint density at radius 2 is 1.91 bits per heavy atom. The average molecular weight is 340 g/mol. The Morgan fingerprint density at radius 1 is 1.22 bits per heavy atom.